The average molecular weight is 1440 g/mol. The second-order valence-corrected chi connectivity index (χ2v) is 28.3. The summed E-state index contributed by atoms with van der Waals surface area (Å²) in [5, 5.41) is 6.46. The SMILES string of the molecule is CC(C)c1cc(-c2cccc(-c3cc(-c4cccc(-c5cccc6cccnc56)c4)nc(-c4ccccc4)n3)c2)c2ccc3ccc(-c4ccccc4)nc3c2n1.Cc1cc(-c2ccc(-c3nc(-c4ccccc4)nc(-c4cccc(-c5cccc6cccnc56)c4)n3)cc2)c2ccc3ccc(-c4ccccc4)nc3c2n1. The Morgan fingerprint density at radius 2 is 0.571 bits per heavy atom. The van der Waals surface area contributed by atoms with Gasteiger partial charge in [0.15, 0.2) is 23.3 Å². The first-order valence-electron chi connectivity index (χ1n) is 37.6. The van der Waals surface area contributed by atoms with Crippen LogP contribution in [0.1, 0.15) is 31.2 Å². The Bertz CT molecular complexity index is 6970. The second kappa shape index (κ2) is 29.4. The molecule has 0 spiro atoms. The van der Waals surface area contributed by atoms with Crippen molar-refractivity contribution in [3.63, 3.8) is 0 Å². The Kier molecular flexibility index (Phi) is 17.8. The zero-order chi connectivity index (χ0) is 75.0. The van der Waals surface area contributed by atoms with Crippen LogP contribution in [0.25, 0.3) is 201 Å². The molecule has 11 heteroatoms. The van der Waals surface area contributed by atoms with Crippen molar-refractivity contribution in [3.8, 4) is 135 Å². The molecule has 528 valence electrons. The van der Waals surface area contributed by atoms with Gasteiger partial charge in [-0.1, -0.05) is 299 Å². The summed E-state index contributed by atoms with van der Waals surface area (Å²) in [7, 11) is 0. The van der Waals surface area contributed by atoms with E-state index in [0.717, 1.165) is 189 Å². The highest BCUT2D eigenvalue weighted by Crippen LogP contribution is 2.41. The molecule has 0 bridgehead atoms. The number of aryl methyl sites for hydroxylation is 1. The van der Waals surface area contributed by atoms with Crippen LogP contribution in [0, 0.1) is 6.92 Å². The molecular formula is C101H69N11. The van der Waals surface area contributed by atoms with Gasteiger partial charge in [0.2, 0.25) is 0 Å². The highest BCUT2D eigenvalue weighted by atomic mass is 15.0. The van der Waals surface area contributed by atoms with E-state index in [2.05, 4.69) is 275 Å². The third kappa shape index (κ3) is 13.4. The molecule has 11 nitrogen and oxygen atoms in total. The first-order chi connectivity index (χ1) is 55.2. The van der Waals surface area contributed by atoms with Crippen molar-refractivity contribution in [1.82, 2.24) is 54.8 Å². The van der Waals surface area contributed by atoms with Crippen molar-refractivity contribution in [2.75, 3.05) is 0 Å². The fraction of sp³-hybridized carbons (Fsp3) is 0.0396. The number of nitrogens with zero attached hydrogens (tertiary/aromatic N) is 11. The van der Waals surface area contributed by atoms with Crippen molar-refractivity contribution < 1.29 is 0 Å². The molecule has 0 amide bonds. The van der Waals surface area contributed by atoms with Crippen LogP contribution in [0.15, 0.2) is 358 Å². The monoisotopic (exact) mass is 1440 g/mol. The predicted molar refractivity (Wildman–Crippen MR) is 458 cm³/mol. The molecule has 0 aliphatic rings. The molecule has 20 aromatic rings. The van der Waals surface area contributed by atoms with Crippen molar-refractivity contribution in [3.05, 3.63) is 370 Å². The van der Waals surface area contributed by atoms with E-state index in [1.165, 1.54) is 0 Å². The van der Waals surface area contributed by atoms with Gasteiger partial charge < -0.3 is 0 Å². The number of benzene rings is 12. The van der Waals surface area contributed by atoms with Gasteiger partial charge in [0.1, 0.15) is 0 Å². The fourth-order valence-electron chi connectivity index (χ4n) is 15.0. The van der Waals surface area contributed by atoms with E-state index < -0.39 is 0 Å². The minimum Gasteiger partial charge on any atom is -0.256 e. The minimum atomic E-state index is 0.224. The number of aromatic nitrogens is 11. The Balaban J connectivity index is 0.000000151. The summed E-state index contributed by atoms with van der Waals surface area (Å²) in [6, 6.07) is 119. The Hall–Kier alpha value is -14.8. The Morgan fingerprint density at radius 3 is 1.07 bits per heavy atom. The molecule has 0 saturated carbocycles. The third-order valence-electron chi connectivity index (χ3n) is 20.7. The first kappa shape index (κ1) is 67.8. The van der Waals surface area contributed by atoms with Crippen molar-refractivity contribution in [2.45, 2.75) is 26.7 Å². The van der Waals surface area contributed by atoms with E-state index in [0.29, 0.717) is 23.3 Å². The van der Waals surface area contributed by atoms with Crippen molar-refractivity contribution in [1.29, 1.82) is 0 Å². The van der Waals surface area contributed by atoms with Crippen LogP contribution in [0.5, 0.6) is 0 Å². The second-order valence-electron chi connectivity index (χ2n) is 28.3. The van der Waals surface area contributed by atoms with Gasteiger partial charge in [0, 0.05) is 112 Å². The molecule has 0 fully saturated rings. The van der Waals surface area contributed by atoms with E-state index in [1.54, 1.807) is 0 Å². The van der Waals surface area contributed by atoms with E-state index in [1.807, 2.05) is 104 Å². The topological polar surface area (TPSA) is 142 Å². The summed E-state index contributed by atoms with van der Waals surface area (Å²) in [5.41, 5.74) is 27.6. The maximum Gasteiger partial charge on any atom is 0.164 e. The molecule has 0 radical (unpaired) electrons. The quantitative estimate of drug-likeness (QED) is 0.102. The molecule has 0 aliphatic carbocycles. The largest absolute Gasteiger partial charge is 0.256 e. The lowest BCUT2D eigenvalue weighted by molar-refractivity contribution is 0.831. The summed E-state index contributed by atoms with van der Waals surface area (Å²) in [6.07, 6.45) is 3.69. The molecular weight excluding hydrogens is 1370 g/mol. The number of pyridine rings is 6. The number of rotatable bonds is 13. The summed E-state index contributed by atoms with van der Waals surface area (Å²) in [6.45, 7) is 6.43. The van der Waals surface area contributed by atoms with Crippen LogP contribution in [0.4, 0.5) is 0 Å². The Labute approximate surface area is 647 Å². The summed E-state index contributed by atoms with van der Waals surface area (Å²) in [4.78, 5) is 55.5. The smallest absolute Gasteiger partial charge is 0.164 e. The van der Waals surface area contributed by atoms with Crippen molar-refractivity contribution >= 4 is 65.4 Å². The zero-order valence-electron chi connectivity index (χ0n) is 61.6. The van der Waals surface area contributed by atoms with E-state index >= 15 is 0 Å². The van der Waals surface area contributed by atoms with E-state index in [4.69, 9.17) is 54.8 Å². The maximum atomic E-state index is 5.25. The van der Waals surface area contributed by atoms with Crippen LogP contribution < -0.4 is 0 Å². The zero-order valence-corrected chi connectivity index (χ0v) is 61.6. The van der Waals surface area contributed by atoms with Gasteiger partial charge in [0.25, 0.3) is 0 Å². The van der Waals surface area contributed by atoms with Gasteiger partial charge in [0.05, 0.1) is 55.9 Å². The number of para-hydroxylation sites is 2. The lowest BCUT2D eigenvalue weighted by atomic mass is 9.94. The number of fused-ring (bicyclic) bond motifs is 8. The lowest BCUT2D eigenvalue weighted by Crippen LogP contribution is -2.00. The summed E-state index contributed by atoms with van der Waals surface area (Å²) >= 11 is 0. The molecule has 8 aromatic heterocycles. The van der Waals surface area contributed by atoms with E-state index in [-0.39, 0.29) is 5.92 Å². The van der Waals surface area contributed by atoms with Crippen LogP contribution in [-0.2, 0) is 0 Å². The van der Waals surface area contributed by atoms with Crippen molar-refractivity contribution in [2.24, 2.45) is 0 Å². The molecule has 0 saturated heterocycles. The third-order valence-corrected chi connectivity index (χ3v) is 20.7. The molecule has 0 aliphatic heterocycles. The summed E-state index contributed by atoms with van der Waals surface area (Å²) < 4.78 is 0. The molecule has 12 aromatic carbocycles. The maximum absolute atomic E-state index is 5.25. The highest BCUT2D eigenvalue weighted by molar-refractivity contribution is 6.10. The van der Waals surface area contributed by atoms with Crippen LogP contribution in [0.2, 0.25) is 0 Å². The molecule has 0 atom stereocenters. The minimum absolute atomic E-state index is 0.224. The van der Waals surface area contributed by atoms with Gasteiger partial charge in [-0.2, -0.15) is 0 Å². The van der Waals surface area contributed by atoms with Crippen LogP contribution in [0.3, 0.4) is 0 Å². The molecule has 112 heavy (non-hydrogen) atoms. The molecule has 0 unspecified atom stereocenters. The van der Waals surface area contributed by atoms with Crippen LogP contribution >= 0.6 is 0 Å². The lowest BCUT2D eigenvalue weighted by Gasteiger charge is -2.15. The normalized spacial score (nSPS) is 11.4. The number of hydrogen-bond acceptors (Lipinski definition) is 11. The standard InChI is InChI=1S/C52H37N5.C49H32N6/c1-33(2)46-31-44(43-26-24-36-25-27-45(34-13-5-3-6-14-34)54-50(36)51(43)55-46)39-19-10-21-41(30-39)48-32-47(56-52(57-48)37-15-7-4-8-16-37)40-20-9-18-38(29-40)42-23-11-17-35-22-12-28-53-49(35)42;1-31-29-42(41-26-24-35-25-27-43(33-11-4-2-5-12-33)52-45(35)46(41)51-31)32-20-22-37(23-21-32)48-53-47(36-13-6-3-7-14-36)54-49(55-48)39-17-8-16-38(30-39)40-19-9-15-34-18-10-28-50-44(34)40/h3-33H,1-2H3;2-30H,1H3. The predicted octanol–water partition coefficient (Wildman–Crippen LogP) is 25.1. The average Bonchev–Trinajstić information content (AvgIpc) is 0.762. The Morgan fingerprint density at radius 1 is 0.205 bits per heavy atom. The molecule has 8 heterocycles. The molecule has 0 N–H and O–H groups in total. The molecule has 20 rings (SSSR count). The van der Waals surface area contributed by atoms with E-state index in [9.17, 15) is 0 Å². The van der Waals surface area contributed by atoms with Gasteiger partial charge >= 0.3 is 0 Å². The van der Waals surface area contributed by atoms with Gasteiger partial charge in [-0.15, -0.1) is 0 Å². The first-order valence-corrected chi connectivity index (χ1v) is 37.6. The summed E-state index contributed by atoms with van der Waals surface area (Å²) in [5.74, 6) is 2.73. The number of hydrogen-bond donors (Lipinski definition) is 0. The van der Waals surface area contributed by atoms with Gasteiger partial charge in [-0.05, 0) is 107 Å². The van der Waals surface area contributed by atoms with Gasteiger partial charge in [-0.25, -0.2) is 34.9 Å². The highest BCUT2D eigenvalue weighted by Gasteiger charge is 2.21. The fourth-order valence-corrected chi connectivity index (χ4v) is 15.0. The van der Waals surface area contributed by atoms with Crippen LogP contribution in [-0.4, -0.2) is 54.8 Å². The van der Waals surface area contributed by atoms with Gasteiger partial charge in [-0.3, -0.25) is 19.9 Å².